The normalized spacial score (nSPS) is 20.0. The van der Waals surface area contributed by atoms with Crippen LogP contribution in [-0.2, 0) is 27.5 Å². The molecule has 1 N–H and O–H groups in total. The summed E-state index contributed by atoms with van der Waals surface area (Å²) in [4.78, 5) is 23.4. The van der Waals surface area contributed by atoms with Crippen LogP contribution >= 0.6 is 11.3 Å². The topological polar surface area (TPSA) is 105 Å². The molecule has 1 aliphatic heterocycles. The van der Waals surface area contributed by atoms with E-state index >= 15 is 0 Å². The third kappa shape index (κ3) is 5.63. The van der Waals surface area contributed by atoms with Crippen LogP contribution in [0.3, 0.4) is 0 Å². The van der Waals surface area contributed by atoms with Gasteiger partial charge < -0.3 is 5.32 Å². The van der Waals surface area contributed by atoms with Crippen LogP contribution in [0.5, 0.6) is 0 Å². The summed E-state index contributed by atoms with van der Waals surface area (Å²) in [7, 11) is -4.39. The molecule has 0 saturated carbocycles. The van der Waals surface area contributed by atoms with Gasteiger partial charge in [-0.3, -0.25) is 9.78 Å². The molecule has 3 unspecified atom stereocenters. The van der Waals surface area contributed by atoms with Crippen molar-refractivity contribution in [2.45, 2.75) is 48.5 Å². The van der Waals surface area contributed by atoms with Crippen molar-refractivity contribution in [1.29, 1.82) is 0 Å². The van der Waals surface area contributed by atoms with E-state index in [0.29, 0.717) is 10.1 Å². The van der Waals surface area contributed by atoms with E-state index in [1.54, 1.807) is 0 Å². The number of halogens is 6. The quantitative estimate of drug-likeness (QED) is 0.311. The Balaban J connectivity index is 1.36. The molecule has 0 aliphatic carbocycles. The van der Waals surface area contributed by atoms with Gasteiger partial charge in [-0.05, 0) is 42.6 Å². The van der Waals surface area contributed by atoms with Gasteiger partial charge >= 0.3 is 6.18 Å². The number of amides is 1. The standard InChI is InChI=1S/C25H19F6N5O3S2/c1-12-17(27)7-20(36(12)41(38,39)22-6-13-4-16(26)2-3-21(13)40-22)23(37)33-8-14-5-19(32-11-18(14)28)15-9-34-24(35-10-15)25(29,30)31/h2-6,9-12,17,20H,7-8H2,1H3,(H,33,37). The zero-order chi connectivity index (χ0) is 29.7. The highest BCUT2D eigenvalue weighted by molar-refractivity contribution is 7.91. The molecule has 0 bridgehead atoms. The maximum atomic E-state index is 14.8. The number of aromatic nitrogens is 3. The lowest BCUT2D eigenvalue weighted by molar-refractivity contribution is -0.145. The number of alkyl halides is 4. The molecule has 4 aromatic rings. The first kappa shape index (κ1) is 28.9. The number of carbonyl (C=O) groups is 1. The molecule has 5 rings (SSSR count). The molecule has 41 heavy (non-hydrogen) atoms. The summed E-state index contributed by atoms with van der Waals surface area (Å²) in [5, 5.41) is 2.75. The highest BCUT2D eigenvalue weighted by Crippen LogP contribution is 2.38. The first-order valence-electron chi connectivity index (χ1n) is 11.9. The number of rotatable bonds is 6. The van der Waals surface area contributed by atoms with E-state index in [1.807, 2.05) is 0 Å². The van der Waals surface area contributed by atoms with Crippen molar-refractivity contribution in [3.63, 3.8) is 0 Å². The van der Waals surface area contributed by atoms with Crippen molar-refractivity contribution >= 4 is 37.4 Å². The van der Waals surface area contributed by atoms with E-state index in [9.17, 15) is 39.6 Å². The second kappa shape index (κ2) is 10.6. The average Bonchev–Trinajstić information content (AvgIpc) is 3.48. The van der Waals surface area contributed by atoms with Crippen LogP contribution in [0.2, 0.25) is 0 Å². The van der Waals surface area contributed by atoms with Crippen molar-refractivity contribution in [2.75, 3.05) is 0 Å². The highest BCUT2D eigenvalue weighted by atomic mass is 32.2. The summed E-state index contributed by atoms with van der Waals surface area (Å²) in [6, 6.07) is 3.52. The summed E-state index contributed by atoms with van der Waals surface area (Å²) in [6.07, 6.45) is -4.34. The molecule has 0 radical (unpaired) electrons. The Morgan fingerprint density at radius 2 is 1.80 bits per heavy atom. The Labute approximate surface area is 233 Å². The maximum Gasteiger partial charge on any atom is 0.451 e. The van der Waals surface area contributed by atoms with Gasteiger partial charge in [-0.15, -0.1) is 11.3 Å². The van der Waals surface area contributed by atoms with Crippen LogP contribution in [0.1, 0.15) is 24.7 Å². The summed E-state index contributed by atoms with van der Waals surface area (Å²) >= 11 is 0.851. The molecular weight excluding hydrogens is 596 g/mol. The lowest BCUT2D eigenvalue weighted by Crippen LogP contribution is -2.48. The van der Waals surface area contributed by atoms with Crippen LogP contribution in [0.4, 0.5) is 26.3 Å². The van der Waals surface area contributed by atoms with Gasteiger partial charge in [-0.2, -0.15) is 17.5 Å². The zero-order valence-corrected chi connectivity index (χ0v) is 22.5. The molecule has 3 aromatic heterocycles. The first-order chi connectivity index (χ1) is 19.3. The zero-order valence-electron chi connectivity index (χ0n) is 20.9. The molecule has 1 aliphatic rings. The smallest absolute Gasteiger partial charge is 0.351 e. The third-order valence-corrected chi connectivity index (χ3v) is 10.1. The Hall–Kier alpha value is -3.63. The lowest BCUT2D eigenvalue weighted by Gasteiger charge is -2.26. The van der Waals surface area contributed by atoms with E-state index in [4.69, 9.17) is 0 Å². The minimum Gasteiger partial charge on any atom is -0.351 e. The first-order valence-corrected chi connectivity index (χ1v) is 14.2. The SMILES string of the molecule is CC1C(F)CC(C(=O)NCc2cc(-c3cnc(C(F)(F)F)nc3)ncc2F)N1S(=O)(=O)c1cc2cc(F)ccc2s1. The minimum atomic E-state index is -4.75. The lowest BCUT2D eigenvalue weighted by atomic mass is 10.1. The van der Waals surface area contributed by atoms with Gasteiger partial charge in [0.05, 0.1) is 17.9 Å². The molecule has 8 nitrogen and oxygen atoms in total. The number of hydrogen-bond donors (Lipinski definition) is 1. The Morgan fingerprint density at radius 1 is 1.10 bits per heavy atom. The second-order valence-corrected chi connectivity index (χ2v) is 12.4. The van der Waals surface area contributed by atoms with Crippen molar-refractivity contribution in [3.05, 3.63) is 71.9 Å². The molecule has 1 saturated heterocycles. The van der Waals surface area contributed by atoms with Crippen LogP contribution in [-0.4, -0.2) is 51.8 Å². The number of thiophene rings is 1. The largest absolute Gasteiger partial charge is 0.451 e. The van der Waals surface area contributed by atoms with E-state index in [-0.39, 0.29) is 21.0 Å². The summed E-state index contributed by atoms with van der Waals surface area (Å²) < 4.78 is 109. The molecule has 1 aromatic carbocycles. The molecule has 1 amide bonds. The Kier molecular flexibility index (Phi) is 7.50. The van der Waals surface area contributed by atoms with E-state index < -0.39 is 70.8 Å². The predicted octanol–water partition coefficient (Wildman–Crippen LogP) is 4.86. The Morgan fingerprint density at radius 3 is 2.49 bits per heavy atom. The summed E-state index contributed by atoms with van der Waals surface area (Å²) in [6.45, 7) is 0.864. The number of pyridine rings is 1. The molecule has 4 heterocycles. The molecule has 0 spiro atoms. The number of hydrogen-bond acceptors (Lipinski definition) is 7. The van der Waals surface area contributed by atoms with Crippen molar-refractivity contribution in [2.24, 2.45) is 0 Å². The van der Waals surface area contributed by atoms with E-state index in [0.717, 1.165) is 40.3 Å². The van der Waals surface area contributed by atoms with Crippen LogP contribution in [0.25, 0.3) is 21.3 Å². The predicted molar refractivity (Wildman–Crippen MR) is 136 cm³/mol. The molecular formula is C25H19F6N5O3S2. The average molecular weight is 616 g/mol. The maximum absolute atomic E-state index is 14.8. The number of sulfonamides is 1. The van der Waals surface area contributed by atoms with Gasteiger partial charge in [0.1, 0.15) is 28.1 Å². The van der Waals surface area contributed by atoms with Gasteiger partial charge in [-0.1, -0.05) is 0 Å². The number of fused-ring (bicyclic) bond motifs is 1. The van der Waals surface area contributed by atoms with Crippen LogP contribution in [0.15, 0.2) is 53.1 Å². The Bertz CT molecular complexity index is 1730. The van der Waals surface area contributed by atoms with Gasteiger partial charge in [-0.25, -0.2) is 31.6 Å². The van der Waals surface area contributed by atoms with Gasteiger partial charge in [0.25, 0.3) is 10.0 Å². The van der Waals surface area contributed by atoms with Crippen LogP contribution < -0.4 is 5.32 Å². The summed E-state index contributed by atoms with van der Waals surface area (Å²) in [5.41, 5.74) is -0.0453. The van der Waals surface area contributed by atoms with Gasteiger partial charge in [0.2, 0.25) is 11.7 Å². The van der Waals surface area contributed by atoms with Crippen molar-refractivity contribution in [1.82, 2.24) is 24.6 Å². The fourth-order valence-electron chi connectivity index (χ4n) is 4.47. The molecule has 16 heteroatoms. The molecule has 3 atom stereocenters. The minimum absolute atomic E-state index is 0.0214. The number of benzene rings is 1. The number of carbonyl (C=O) groups excluding carboxylic acids is 1. The number of nitrogens with zero attached hydrogens (tertiary/aromatic N) is 4. The fourth-order valence-corrected chi connectivity index (χ4v) is 7.76. The van der Waals surface area contributed by atoms with Crippen molar-refractivity contribution < 1.29 is 39.6 Å². The third-order valence-electron chi connectivity index (χ3n) is 6.56. The van der Waals surface area contributed by atoms with E-state index in [2.05, 4.69) is 20.3 Å². The second-order valence-electron chi connectivity index (χ2n) is 9.26. The monoisotopic (exact) mass is 615 g/mol. The van der Waals surface area contributed by atoms with E-state index in [1.165, 1.54) is 31.2 Å². The number of nitrogens with one attached hydrogen (secondary N) is 1. The van der Waals surface area contributed by atoms with Crippen LogP contribution in [0, 0.1) is 11.6 Å². The van der Waals surface area contributed by atoms with Gasteiger partial charge in [0.15, 0.2) is 0 Å². The fraction of sp³-hybridized carbons (Fsp3) is 0.280. The summed E-state index contributed by atoms with van der Waals surface area (Å²) in [5.74, 6) is -3.67. The molecule has 1 fully saturated rings. The van der Waals surface area contributed by atoms with Crippen molar-refractivity contribution in [3.8, 4) is 11.3 Å². The highest BCUT2D eigenvalue weighted by Gasteiger charge is 2.49. The van der Waals surface area contributed by atoms with Gasteiger partial charge in [0, 0.05) is 41.2 Å². The molecule has 216 valence electrons.